The molecule has 29 heavy (non-hydrogen) atoms. The second kappa shape index (κ2) is 7.60. The van der Waals surface area contributed by atoms with Gasteiger partial charge in [0.25, 0.3) is 0 Å². The van der Waals surface area contributed by atoms with E-state index in [9.17, 15) is 8.78 Å². The maximum Gasteiger partial charge on any atom is 0.182 e. The molecule has 1 saturated heterocycles. The number of nitrogens with zero attached hydrogens (tertiary/aromatic N) is 2. The van der Waals surface area contributed by atoms with Crippen molar-refractivity contribution < 1.29 is 8.78 Å². The van der Waals surface area contributed by atoms with E-state index in [1.54, 1.807) is 12.1 Å². The highest BCUT2D eigenvalue weighted by Crippen LogP contribution is 2.51. The number of hydrogen-bond donors (Lipinski definition) is 0. The van der Waals surface area contributed by atoms with Crippen molar-refractivity contribution in [1.82, 2.24) is 4.90 Å². The fourth-order valence-electron chi connectivity index (χ4n) is 4.87. The fourth-order valence-corrected chi connectivity index (χ4v) is 4.87. The molecule has 1 heterocycles. The molecular formula is C25H24F2N2. The number of piperidine rings is 1. The summed E-state index contributed by atoms with van der Waals surface area (Å²) in [5.74, 6) is -0.486. The first kappa shape index (κ1) is 18.3. The zero-order chi connectivity index (χ0) is 19.8. The fraction of sp³-hybridized carbons (Fsp3) is 0.280. The van der Waals surface area contributed by atoms with Gasteiger partial charge in [-0.15, -0.1) is 0 Å². The van der Waals surface area contributed by atoms with E-state index in [-0.39, 0.29) is 0 Å². The zero-order valence-corrected chi connectivity index (χ0v) is 16.2. The predicted octanol–water partition coefficient (Wildman–Crippen LogP) is 5.10. The lowest BCUT2D eigenvalue weighted by Gasteiger charge is -2.29. The van der Waals surface area contributed by atoms with E-state index in [0.29, 0.717) is 23.6 Å². The lowest BCUT2D eigenvalue weighted by molar-refractivity contribution is 0.222. The summed E-state index contributed by atoms with van der Waals surface area (Å²) in [7, 11) is 0. The van der Waals surface area contributed by atoms with Crippen LogP contribution in [0.25, 0.3) is 0 Å². The molecule has 0 amide bonds. The summed E-state index contributed by atoms with van der Waals surface area (Å²) in [4.78, 5) is 4.56. The van der Waals surface area contributed by atoms with Crippen molar-refractivity contribution in [3.63, 3.8) is 0 Å². The molecule has 1 saturated carbocycles. The second-order valence-corrected chi connectivity index (χ2v) is 8.17. The Labute approximate surface area is 170 Å². The Bertz CT molecular complexity index is 923. The van der Waals surface area contributed by atoms with Gasteiger partial charge in [0.1, 0.15) is 0 Å². The highest BCUT2D eigenvalue weighted by atomic mass is 19.2. The average molecular weight is 390 g/mol. The molecule has 0 N–H and O–H groups in total. The molecule has 148 valence electrons. The van der Waals surface area contributed by atoms with E-state index in [1.807, 2.05) is 17.0 Å². The van der Waals surface area contributed by atoms with Crippen molar-refractivity contribution in [2.24, 2.45) is 11.8 Å². The Balaban J connectivity index is 1.32. The number of anilines is 1. The summed E-state index contributed by atoms with van der Waals surface area (Å²) in [5, 5.41) is 0. The maximum absolute atomic E-state index is 14.2. The molecule has 4 heteroatoms. The van der Waals surface area contributed by atoms with Gasteiger partial charge in [-0.05, 0) is 35.1 Å². The van der Waals surface area contributed by atoms with Crippen LogP contribution in [0.2, 0.25) is 0 Å². The summed E-state index contributed by atoms with van der Waals surface area (Å²) in [6.45, 7) is 3.38. The number of benzene rings is 3. The number of hydrogen-bond acceptors (Lipinski definition) is 2. The van der Waals surface area contributed by atoms with E-state index in [0.717, 1.165) is 26.2 Å². The molecule has 2 fully saturated rings. The van der Waals surface area contributed by atoms with Gasteiger partial charge >= 0.3 is 0 Å². The lowest BCUT2D eigenvalue weighted by Crippen LogP contribution is -2.34. The lowest BCUT2D eigenvalue weighted by atomic mass is 10.1. The summed E-state index contributed by atoms with van der Waals surface area (Å²) in [6.07, 6.45) is 0. The molecule has 1 aliphatic carbocycles. The summed E-state index contributed by atoms with van der Waals surface area (Å²) in [6, 6.07) is 26.0. The molecule has 0 aromatic heterocycles. The summed E-state index contributed by atoms with van der Waals surface area (Å²) >= 11 is 0. The molecule has 2 unspecified atom stereocenters. The molecule has 2 aliphatic rings. The Kier molecular flexibility index (Phi) is 4.80. The van der Waals surface area contributed by atoms with Gasteiger partial charge in [0.05, 0.1) is 5.69 Å². The average Bonchev–Trinajstić information content (AvgIpc) is 3.24. The van der Waals surface area contributed by atoms with Crippen LogP contribution < -0.4 is 4.90 Å². The quantitative estimate of drug-likeness (QED) is 0.578. The van der Waals surface area contributed by atoms with Crippen LogP contribution in [-0.2, 0) is 13.1 Å². The van der Waals surface area contributed by atoms with E-state index >= 15 is 0 Å². The van der Waals surface area contributed by atoms with Gasteiger partial charge in [-0.1, -0.05) is 66.7 Å². The molecule has 5 rings (SSSR count). The third-order valence-corrected chi connectivity index (χ3v) is 6.30. The molecule has 2 atom stereocenters. The van der Waals surface area contributed by atoms with Crippen molar-refractivity contribution in [2.45, 2.75) is 19.1 Å². The summed E-state index contributed by atoms with van der Waals surface area (Å²) in [5.41, 5.74) is 3.01. The first-order chi connectivity index (χ1) is 14.2. The maximum atomic E-state index is 14.2. The molecule has 1 aliphatic heterocycles. The van der Waals surface area contributed by atoms with Crippen LogP contribution in [0.3, 0.4) is 0 Å². The standard InChI is InChI=1S/C25H24F2N2/c26-22-12-7-13-23(24(22)27)28-16-20-21(17-28)25(20)29(14-18-8-3-1-4-9-18)15-19-10-5-2-6-11-19/h1-13,20-21,25H,14-17H2. The normalized spacial score (nSPS) is 22.7. The zero-order valence-electron chi connectivity index (χ0n) is 16.2. The number of halogens is 2. The first-order valence-electron chi connectivity index (χ1n) is 10.2. The van der Waals surface area contributed by atoms with E-state index in [4.69, 9.17) is 0 Å². The van der Waals surface area contributed by atoms with Crippen LogP contribution in [0.15, 0.2) is 78.9 Å². The number of fused-ring (bicyclic) bond motifs is 1. The van der Waals surface area contributed by atoms with E-state index in [1.165, 1.54) is 17.2 Å². The first-order valence-corrected chi connectivity index (χ1v) is 10.2. The number of rotatable bonds is 6. The van der Waals surface area contributed by atoms with Crippen molar-refractivity contribution in [3.8, 4) is 0 Å². The van der Waals surface area contributed by atoms with Gasteiger partial charge in [-0.2, -0.15) is 0 Å². The molecule has 3 aromatic carbocycles. The van der Waals surface area contributed by atoms with Crippen LogP contribution >= 0.6 is 0 Å². The smallest absolute Gasteiger partial charge is 0.182 e. The van der Waals surface area contributed by atoms with Crippen LogP contribution in [0.1, 0.15) is 11.1 Å². The van der Waals surface area contributed by atoms with Crippen molar-refractivity contribution in [1.29, 1.82) is 0 Å². The Morgan fingerprint density at radius 1 is 0.724 bits per heavy atom. The van der Waals surface area contributed by atoms with Crippen LogP contribution in [0.5, 0.6) is 0 Å². The minimum Gasteiger partial charge on any atom is -0.368 e. The molecule has 3 aromatic rings. The van der Waals surface area contributed by atoms with Gasteiger partial charge in [0.2, 0.25) is 0 Å². The highest BCUT2D eigenvalue weighted by molar-refractivity contribution is 5.51. The monoisotopic (exact) mass is 390 g/mol. The molecule has 2 nitrogen and oxygen atoms in total. The SMILES string of the molecule is Fc1cccc(N2CC3C(C2)C3N(Cc2ccccc2)Cc2ccccc2)c1F. The molecular weight excluding hydrogens is 366 g/mol. The van der Waals surface area contributed by atoms with Crippen molar-refractivity contribution >= 4 is 5.69 Å². The van der Waals surface area contributed by atoms with E-state index < -0.39 is 11.6 Å². The van der Waals surface area contributed by atoms with E-state index in [2.05, 4.69) is 53.4 Å². The molecule has 0 radical (unpaired) electrons. The van der Waals surface area contributed by atoms with Gasteiger partial charge in [-0.3, -0.25) is 4.90 Å². The highest BCUT2D eigenvalue weighted by Gasteiger charge is 2.58. The van der Waals surface area contributed by atoms with Gasteiger partial charge in [0, 0.05) is 32.2 Å². The Hall–Kier alpha value is -2.72. The van der Waals surface area contributed by atoms with Gasteiger partial charge in [0.15, 0.2) is 11.6 Å². The molecule has 0 spiro atoms. The Morgan fingerprint density at radius 2 is 1.28 bits per heavy atom. The van der Waals surface area contributed by atoms with Crippen LogP contribution in [0.4, 0.5) is 14.5 Å². The minimum atomic E-state index is -0.769. The summed E-state index contributed by atoms with van der Waals surface area (Å²) < 4.78 is 27.8. The second-order valence-electron chi connectivity index (χ2n) is 8.17. The van der Waals surface area contributed by atoms with Gasteiger partial charge < -0.3 is 4.90 Å². The Morgan fingerprint density at radius 3 is 1.83 bits per heavy atom. The van der Waals surface area contributed by atoms with Crippen molar-refractivity contribution in [2.75, 3.05) is 18.0 Å². The largest absolute Gasteiger partial charge is 0.368 e. The van der Waals surface area contributed by atoms with Crippen LogP contribution in [0, 0.1) is 23.5 Å². The third-order valence-electron chi connectivity index (χ3n) is 6.30. The molecule has 0 bridgehead atoms. The minimum absolute atomic E-state index is 0.397. The topological polar surface area (TPSA) is 6.48 Å². The van der Waals surface area contributed by atoms with Gasteiger partial charge in [-0.25, -0.2) is 8.78 Å². The van der Waals surface area contributed by atoms with Crippen LogP contribution in [-0.4, -0.2) is 24.0 Å². The third kappa shape index (κ3) is 3.65. The predicted molar refractivity (Wildman–Crippen MR) is 111 cm³/mol. The van der Waals surface area contributed by atoms with Crippen molar-refractivity contribution in [3.05, 3.63) is 102 Å².